The van der Waals surface area contributed by atoms with Crippen molar-refractivity contribution in [3.8, 4) is 6.07 Å². The van der Waals surface area contributed by atoms with Crippen LogP contribution in [-0.4, -0.2) is 48.8 Å². The summed E-state index contributed by atoms with van der Waals surface area (Å²) in [6, 6.07) is 2.60. The van der Waals surface area contributed by atoms with Gasteiger partial charge in [0.2, 0.25) is 0 Å². The molecule has 0 radical (unpaired) electrons. The molecule has 3 atom stereocenters. The molecule has 3 unspecified atom stereocenters. The molecule has 1 heterocycles. The van der Waals surface area contributed by atoms with Gasteiger partial charge in [0.05, 0.1) is 18.3 Å². The molecule has 1 saturated carbocycles. The Kier molecular flexibility index (Phi) is 4.83. The van der Waals surface area contributed by atoms with Gasteiger partial charge >= 0.3 is 0 Å². The van der Waals surface area contributed by atoms with Gasteiger partial charge in [-0.2, -0.15) is 5.26 Å². The Labute approximate surface area is 117 Å². The quantitative estimate of drug-likeness (QED) is 0.795. The van der Waals surface area contributed by atoms with Crippen molar-refractivity contribution in [3.05, 3.63) is 0 Å². The summed E-state index contributed by atoms with van der Waals surface area (Å²) in [7, 11) is 0. The van der Waals surface area contributed by atoms with Gasteiger partial charge in [0.1, 0.15) is 5.54 Å². The van der Waals surface area contributed by atoms with Gasteiger partial charge in [-0.15, -0.1) is 0 Å². The molecule has 1 N–H and O–H groups in total. The molecule has 0 aromatic rings. The van der Waals surface area contributed by atoms with E-state index in [0.717, 1.165) is 32.6 Å². The second kappa shape index (κ2) is 6.21. The lowest BCUT2D eigenvalue weighted by Gasteiger charge is -2.40. The molecule has 2 rings (SSSR count). The van der Waals surface area contributed by atoms with Crippen molar-refractivity contribution in [1.82, 2.24) is 10.2 Å². The molecule has 0 aromatic heterocycles. The van der Waals surface area contributed by atoms with Crippen LogP contribution in [-0.2, 0) is 4.74 Å². The number of rotatable bonds is 6. The lowest BCUT2D eigenvalue weighted by molar-refractivity contribution is -0.0728. The molecule has 0 amide bonds. The summed E-state index contributed by atoms with van der Waals surface area (Å²) in [5.74, 6) is 0.539. The average molecular weight is 265 g/mol. The van der Waals surface area contributed by atoms with Crippen molar-refractivity contribution in [2.24, 2.45) is 5.92 Å². The molecule has 2 aliphatic rings. The highest BCUT2D eigenvalue weighted by Crippen LogP contribution is 2.40. The Morgan fingerprint density at radius 1 is 1.32 bits per heavy atom. The maximum atomic E-state index is 9.71. The third-order valence-electron chi connectivity index (χ3n) is 4.13. The molecule has 108 valence electrons. The minimum absolute atomic E-state index is 0.269. The molecule has 2 fully saturated rings. The molecule has 19 heavy (non-hydrogen) atoms. The van der Waals surface area contributed by atoms with Gasteiger partial charge in [0.15, 0.2) is 0 Å². The fourth-order valence-corrected chi connectivity index (χ4v) is 3.19. The number of hydrogen-bond donors (Lipinski definition) is 1. The summed E-state index contributed by atoms with van der Waals surface area (Å²) in [5, 5.41) is 13.2. The maximum absolute atomic E-state index is 9.71. The van der Waals surface area contributed by atoms with Crippen LogP contribution in [0, 0.1) is 17.2 Å². The number of nitriles is 1. The van der Waals surface area contributed by atoms with E-state index in [0.29, 0.717) is 5.92 Å². The Bertz CT molecular complexity index is 327. The van der Waals surface area contributed by atoms with Crippen LogP contribution in [0.2, 0.25) is 0 Å². The number of ether oxygens (including phenoxy) is 1. The highest BCUT2D eigenvalue weighted by atomic mass is 16.5. The lowest BCUT2D eigenvalue weighted by Crippen LogP contribution is -2.58. The van der Waals surface area contributed by atoms with Crippen LogP contribution in [0.3, 0.4) is 0 Å². The van der Waals surface area contributed by atoms with E-state index in [-0.39, 0.29) is 17.7 Å². The van der Waals surface area contributed by atoms with Crippen molar-refractivity contribution in [1.29, 1.82) is 5.26 Å². The third kappa shape index (κ3) is 3.68. The molecular formula is C15H27N3O. The highest BCUT2D eigenvalue weighted by Gasteiger charge is 2.46. The molecular weight excluding hydrogens is 238 g/mol. The van der Waals surface area contributed by atoms with Crippen LogP contribution in [0.4, 0.5) is 0 Å². The maximum Gasteiger partial charge on any atom is 0.122 e. The monoisotopic (exact) mass is 265 g/mol. The van der Waals surface area contributed by atoms with Gasteiger partial charge in [-0.05, 0) is 45.6 Å². The highest BCUT2D eigenvalue weighted by molar-refractivity contribution is 5.17. The zero-order chi connectivity index (χ0) is 13.9. The molecule has 1 aliphatic carbocycles. The van der Waals surface area contributed by atoms with E-state index in [9.17, 15) is 5.26 Å². The van der Waals surface area contributed by atoms with Crippen molar-refractivity contribution in [3.63, 3.8) is 0 Å². The van der Waals surface area contributed by atoms with E-state index in [2.05, 4.69) is 37.1 Å². The summed E-state index contributed by atoms with van der Waals surface area (Å²) < 4.78 is 5.78. The van der Waals surface area contributed by atoms with E-state index < -0.39 is 0 Å². The molecule has 1 saturated heterocycles. The first-order valence-corrected chi connectivity index (χ1v) is 7.63. The second-order valence-corrected chi connectivity index (χ2v) is 6.24. The van der Waals surface area contributed by atoms with Gasteiger partial charge in [0, 0.05) is 19.6 Å². The van der Waals surface area contributed by atoms with Crippen LogP contribution in [0.25, 0.3) is 0 Å². The van der Waals surface area contributed by atoms with E-state index >= 15 is 0 Å². The van der Waals surface area contributed by atoms with Gasteiger partial charge in [-0.3, -0.25) is 10.2 Å². The first-order valence-electron chi connectivity index (χ1n) is 7.63. The van der Waals surface area contributed by atoms with Crippen LogP contribution in [0.15, 0.2) is 0 Å². The van der Waals surface area contributed by atoms with Crippen LogP contribution in [0.1, 0.15) is 40.0 Å². The van der Waals surface area contributed by atoms with Gasteiger partial charge in [0.25, 0.3) is 0 Å². The molecule has 1 aliphatic heterocycles. The van der Waals surface area contributed by atoms with Crippen molar-refractivity contribution < 1.29 is 4.74 Å². The average Bonchev–Trinajstić information content (AvgIpc) is 3.18. The normalized spacial score (nSPS) is 31.7. The lowest BCUT2D eigenvalue weighted by atomic mass is 9.93. The van der Waals surface area contributed by atoms with Crippen LogP contribution in [0.5, 0.6) is 0 Å². The first kappa shape index (κ1) is 14.8. The zero-order valence-corrected chi connectivity index (χ0v) is 12.5. The topological polar surface area (TPSA) is 48.3 Å². The fraction of sp³-hybridized carbons (Fsp3) is 0.933. The van der Waals surface area contributed by atoms with Crippen LogP contribution >= 0.6 is 0 Å². The SMILES string of the molecule is CCCNC(C#N)(CN1CC(C)OC(C)C1)C1CC1. The molecule has 4 heteroatoms. The predicted molar refractivity (Wildman–Crippen MR) is 75.8 cm³/mol. The Morgan fingerprint density at radius 2 is 1.95 bits per heavy atom. The molecule has 0 bridgehead atoms. The molecule has 0 spiro atoms. The van der Waals surface area contributed by atoms with Crippen molar-refractivity contribution in [2.45, 2.75) is 57.8 Å². The third-order valence-corrected chi connectivity index (χ3v) is 4.13. The van der Waals surface area contributed by atoms with Crippen molar-refractivity contribution >= 4 is 0 Å². The standard InChI is InChI=1S/C15H27N3O/c1-4-7-17-15(10-16,14-5-6-14)11-18-8-12(2)19-13(3)9-18/h12-14,17H,4-9,11H2,1-3H3. The van der Waals surface area contributed by atoms with E-state index in [4.69, 9.17) is 4.74 Å². The summed E-state index contributed by atoms with van der Waals surface area (Å²) in [6.07, 6.45) is 4.00. The van der Waals surface area contributed by atoms with E-state index in [1.807, 2.05) is 0 Å². The minimum Gasteiger partial charge on any atom is -0.373 e. The molecule has 0 aromatic carbocycles. The first-order chi connectivity index (χ1) is 9.09. The van der Waals surface area contributed by atoms with Gasteiger partial charge in [-0.25, -0.2) is 0 Å². The number of nitrogens with one attached hydrogen (secondary N) is 1. The Morgan fingerprint density at radius 3 is 2.42 bits per heavy atom. The minimum atomic E-state index is -0.340. The van der Waals surface area contributed by atoms with Gasteiger partial charge < -0.3 is 4.74 Å². The smallest absolute Gasteiger partial charge is 0.122 e. The summed E-state index contributed by atoms with van der Waals surface area (Å²) in [6.45, 7) is 10.0. The molecule has 4 nitrogen and oxygen atoms in total. The number of nitrogens with zero attached hydrogens (tertiary/aromatic N) is 2. The number of hydrogen-bond acceptors (Lipinski definition) is 4. The van der Waals surface area contributed by atoms with Crippen LogP contribution < -0.4 is 5.32 Å². The zero-order valence-electron chi connectivity index (χ0n) is 12.5. The largest absolute Gasteiger partial charge is 0.373 e. The summed E-state index contributed by atoms with van der Waals surface area (Å²) in [5.41, 5.74) is -0.340. The predicted octanol–water partition coefficient (Wildman–Crippen LogP) is 1.77. The van der Waals surface area contributed by atoms with E-state index in [1.165, 1.54) is 12.8 Å². The summed E-state index contributed by atoms with van der Waals surface area (Å²) >= 11 is 0. The Hall–Kier alpha value is -0.630. The Balaban J connectivity index is 2.01. The second-order valence-electron chi connectivity index (χ2n) is 6.24. The fourth-order valence-electron chi connectivity index (χ4n) is 3.19. The summed E-state index contributed by atoms with van der Waals surface area (Å²) in [4.78, 5) is 2.41. The van der Waals surface area contributed by atoms with Crippen molar-refractivity contribution in [2.75, 3.05) is 26.2 Å². The van der Waals surface area contributed by atoms with E-state index in [1.54, 1.807) is 0 Å². The number of morpholine rings is 1. The van der Waals surface area contributed by atoms with Gasteiger partial charge in [-0.1, -0.05) is 6.92 Å².